The standard InChI is InChI=1S/C13H14N2O2.C2H6/c1-3-17-13(16)12-9-14-10(2)15(12)11-7-5-4-6-8-11;1-2/h4-9H,3H2,1-2H3;1-2H3. The van der Waals surface area contributed by atoms with Crippen molar-refractivity contribution in [2.45, 2.75) is 27.7 Å². The molecule has 4 nitrogen and oxygen atoms in total. The molecule has 2 rings (SSSR count). The van der Waals surface area contributed by atoms with E-state index >= 15 is 0 Å². The lowest BCUT2D eigenvalue weighted by molar-refractivity contribution is 0.0517. The fourth-order valence-electron chi connectivity index (χ4n) is 1.70. The molecule has 0 saturated heterocycles. The third-order valence-electron chi connectivity index (χ3n) is 2.44. The third kappa shape index (κ3) is 3.44. The molecule has 0 amide bonds. The van der Waals surface area contributed by atoms with Gasteiger partial charge < -0.3 is 4.74 Å². The monoisotopic (exact) mass is 260 g/mol. The van der Waals surface area contributed by atoms with Crippen LogP contribution in [0.3, 0.4) is 0 Å². The van der Waals surface area contributed by atoms with Crippen LogP contribution in [0.1, 0.15) is 37.1 Å². The van der Waals surface area contributed by atoms with E-state index < -0.39 is 0 Å². The average molecular weight is 260 g/mol. The Hall–Kier alpha value is -2.10. The van der Waals surface area contributed by atoms with Crippen molar-refractivity contribution in [2.75, 3.05) is 6.61 Å². The van der Waals surface area contributed by atoms with Gasteiger partial charge in [0, 0.05) is 5.69 Å². The van der Waals surface area contributed by atoms with Crippen LogP contribution in [0.25, 0.3) is 5.69 Å². The molecule has 0 N–H and O–H groups in total. The van der Waals surface area contributed by atoms with Crippen LogP contribution in [0.2, 0.25) is 0 Å². The zero-order chi connectivity index (χ0) is 14.3. The molecule has 0 aliphatic rings. The zero-order valence-electron chi connectivity index (χ0n) is 11.9. The summed E-state index contributed by atoms with van der Waals surface area (Å²) in [5.41, 5.74) is 1.36. The zero-order valence-corrected chi connectivity index (χ0v) is 11.9. The van der Waals surface area contributed by atoms with Crippen LogP contribution in [0.15, 0.2) is 36.5 Å². The quantitative estimate of drug-likeness (QED) is 0.795. The van der Waals surface area contributed by atoms with Crippen LogP contribution in [-0.4, -0.2) is 22.1 Å². The molecule has 0 atom stereocenters. The lowest BCUT2D eigenvalue weighted by atomic mass is 10.3. The van der Waals surface area contributed by atoms with Crippen molar-refractivity contribution in [1.82, 2.24) is 9.55 Å². The topological polar surface area (TPSA) is 44.1 Å². The number of aryl methyl sites for hydroxylation is 1. The Kier molecular flexibility index (Phi) is 5.79. The molecule has 4 heteroatoms. The molecule has 0 saturated carbocycles. The molecule has 0 aliphatic heterocycles. The number of ether oxygens (including phenoxy) is 1. The Morgan fingerprint density at radius 3 is 2.47 bits per heavy atom. The van der Waals surface area contributed by atoms with Crippen LogP contribution >= 0.6 is 0 Å². The Bertz CT molecular complexity index is 518. The molecule has 2 aromatic rings. The summed E-state index contributed by atoms with van der Waals surface area (Å²) in [6, 6.07) is 9.63. The number of hydrogen-bond acceptors (Lipinski definition) is 3. The second kappa shape index (κ2) is 7.36. The second-order valence-electron chi connectivity index (χ2n) is 3.58. The van der Waals surface area contributed by atoms with Crippen LogP contribution in [0.4, 0.5) is 0 Å². The Labute approximate surface area is 114 Å². The SMILES string of the molecule is CC.CCOC(=O)c1cnc(C)n1-c1ccccc1. The first-order valence-electron chi connectivity index (χ1n) is 6.51. The fourth-order valence-corrected chi connectivity index (χ4v) is 1.70. The van der Waals surface area contributed by atoms with Gasteiger partial charge in [-0.2, -0.15) is 0 Å². The fraction of sp³-hybridized carbons (Fsp3) is 0.333. The second-order valence-corrected chi connectivity index (χ2v) is 3.58. The first-order chi connectivity index (χ1) is 9.24. The van der Waals surface area contributed by atoms with Gasteiger partial charge in [-0.25, -0.2) is 9.78 Å². The number of nitrogens with zero attached hydrogens (tertiary/aromatic N) is 2. The van der Waals surface area contributed by atoms with Gasteiger partial charge in [-0.05, 0) is 26.0 Å². The van der Waals surface area contributed by atoms with E-state index in [2.05, 4.69) is 4.98 Å². The summed E-state index contributed by atoms with van der Waals surface area (Å²) in [6.07, 6.45) is 1.54. The summed E-state index contributed by atoms with van der Waals surface area (Å²) in [6.45, 7) is 8.00. The number of rotatable bonds is 3. The summed E-state index contributed by atoms with van der Waals surface area (Å²) in [5.74, 6) is 0.413. The molecule has 0 aliphatic carbocycles. The maximum atomic E-state index is 11.8. The van der Waals surface area contributed by atoms with Crippen molar-refractivity contribution in [1.29, 1.82) is 0 Å². The minimum atomic E-state index is -0.350. The van der Waals surface area contributed by atoms with Crippen molar-refractivity contribution >= 4 is 5.97 Å². The van der Waals surface area contributed by atoms with Gasteiger partial charge in [0.05, 0.1) is 12.8 Å². The average Bonchev–Trinajstić information content (AvgIpc) is 2.84. The first-order valence-corrected chi connectivity index (χ1v) is 6.51. The summed E-state index contributed by atoms with van der Waals surface area (Å²) in [5, 5.41) is 0. The molecule has 0 radical (unpaired) electrons. The van der Waals surface area contributed by atoms with Crippen molar-refractivity contribution in [3.05, 3.63) is 48.0 Å². The van der Waals surface area contributed by atoms with E-state index in [0.29, 0.717) is 12.3 Å². The van der Waals surface area contributed by atoms with Gasteiger partial charge in [0.2, 0.25) is 0 Å². The van der Waals surface area contributed by atoms with E-state index in [9.17, 15) is 4.79 Å². The number of hydrogen-bond donors (Lipinski definition) is 0. The number of carbonyl (C=O) groups excluding carboxylic acids is 1. The molecule has 1 heterocycles. The van der Waals surface area contributed by atoms with E-state index in [-0.39, 0.29) is 5.97 Å². The maximum absolute atomic E-state index is 11.8. The molecule has 0 spiro atoms. The highest BCUT2D eigenvalue weighted by Crippen LogP contribution is 2.15. The minimum absolute atomic E-state index is 0.350. The number of esters is 1. The summed E-state index contributed by atoms with van der Waals surface area (Å²) < 4.78 is 6.79. The van der Waals surface area contributed by atoms with Gasteiger partial charge in [0.15, 0.2) is 5.69 Å². The molecule has 19 heavy (non-hydrogen) atoms. The highest BCUT2D eigenvalue weighted by Gasteiger charge is 2.16. The molecular formula is C15H20N2O2. The maximum Gasteiger partial charge on any atom is 0.356 e. The highest BCUT2D eigenvalue weighted by molar-refractivity contribution is 5.88. The smallest absolute Gasteiger partial charge is 0.356 e. The lowest BCUT2D eigenvalue weighted by Crippen LogP contribution is -2.11. The Morgan fingerprint density at radius 1 is 1.26 bits per heavy atom. The van der Waals surface area contributed by atoms with Gasteiger partial charge in [0.25, 0.3) is 0 Å². The van der Waals surface area contributed by atoms with Crippen molar-refractivity contribution in [3.63, 3.8) is 0 Å². The highest BCUT2D eigenvalue weighted by atomic mass is 16.5. The predicted molar refractivity (Wildman–Crippen MR) is 75.6 cm³/mol. The molecule has 1 aromatic carbocycles. The van der Waals surface area contributed by atoms with E-state index in [1.807, 2.05) is 51.1 Å². The number of benzene rings is 1. The van der Waals surface area contributed by atoms with Crippen molar-refractivity contribution < 1.29 is 9.53 Å². The molecule has 1 aromatic heterocycles. The van der Waals surface area contributed by atoms with Crippen molar-refractivity contribution in [2.24, 2.45) is 0 Å². The van der Waals surface area contributed by atoms with Crippen LogP contribution in [0, 0.1) is 6.92 Å². The predicted octanol–water partition coefficient (Wildman–Crippen LogP) is 3.38. The van der Waals surface area contributed by atoms with E-state index in [4.69, 9.17) is 4.74 Å². The van der Waals surface area contributed by atoms with Gasteiger partial charge in [-0.1, -0.05) is 32.0 Å². The minimum Gasteiger partial charge on any atom is -0.461 e. The Balaban J connectivity index is 0.000000861. The van der Waals surface area contributed by atoms with Crippen molar-refractivity contribution in [3.8, 4) is 5.69 Å². The summed E-state index contributed by atoms with van der Waals surface area (Å²) >= 11 is 0. The lowest BCUT2D eigenvalue weighted by Gasteiger charge is -2.09. The van der Waals surface area contributed by atoms with Crippen LogP contribution < -0.4 is 0 Å². The van der Waals surface area contributed by atoms with Gasteiger partial charge in [0.1, 0.15) is 5.82 Å². The van der Waals surface area contributed by atoms with Crippen LogP contribution in [0.5, 0.6) is 0 Å². The number of aromatic nitrogens is 2. The molecular weight excluding hydrogens is 240 g/mol. The summed E-state index contributed by atoms with van der Waals surface area (Å²) in [4.78, 5) is 15.9. The molecule has 0 bridgehead atoms. The van der Waals surface area contributed by atoms with Crippen LogP contribution in [-0.2, 0) is 4.74 Å². The first kappa shape index (κ1) is 15.0. The van der Waals surface area contributed by atoms with Gasteiger partial charge in [-0.15, -0.1) is 0 Å². The van der Waals surface area contributed by atoms with E-state index in [1.165, 1.54) is 0 Å². The van der Waals surface area contributed by atoms with Gasteiger partial charge >= 0.3 is 5.97 Å². The molecule has 0 unspecified atom stereocenters. The summed E-state index contributed by atoms with van der Waals surface area (Å²) in [7, 11) is 0. The normalized spacial score (nSPS) is 9.47. The number of imidazole rings is 1. The third-order valence-corrected chi connectivity index (χ3v) is 2.44. The Morgan fingerprint density at radius 2 is 1.89 bits per heavy atom. The largest absolute Gasteiger partial charge is 0.461 e. The molecule has 102 valence electrons. The van der Waals surface area contributed by atoms with Gasteiger partial charge in [-0.3, -0.25) is 4.57 Å². The van der Waals surface area contributed by atoms with E-state index in [0.717, 1.165) is 11.5 Å². The van der Waals surface area contributed by atoms with E-state index in [1.54, 1.807) is 17.7 Å². The molecule has 0 fully saturated rings. The number of para-hydroxylation sites is 1. The number of carbonyl (C=O) groups is 1.